The minimum absolute atomic E-state index is 0.0445. The van der Waals surface area contributed by atoms with Crippen LogP contribution in [0, 0.1) is 13.8 Å². The fourth-order valence-electron chi connectivity index (χ4n) is 6.32. The number of rotatable bonds is 5. The molecule has 1 aliphatic carbocycles. The van der Waals surface area contributed by atoms with E-state index in [1.54, 1.807) is 0 Å². The number of carboxylic acids is 1. The van der Waals surface area contributed by atoms with Gasteiger partial charge in [-0.2, -0.15) is 13.2 Å². The largest absolute Gasteiger partial charge is 0.480 e. The summed E-state index contributed by atoms with van der Waals surface area (Å²) in [4.78, 5) is 40.3. The molecule has 1 spiro atoms. The van der Waals surface area contributed by atoms with Crippen molar-refractivity contribution in [1.82, 2.24) is 24.7 Å². The number of amides is 1. The maximum atomic E-state index is 13.2. The van der Waals surface area contributed by atoms with E-state index >= 15 is 0 Å². The van der Waals surface area contributed by atoms with Crippen LogP contribution < -0.4 is 0 Å². The van der Waals surface area contributed by atoms with Gasteiger partial charge in [-0.05, 0) is 64.2 Å². The third kappa shape index (κ3) is 5.14. The number of alkyl halides is 3. The van der Waals surface area contributed by atoms with Gasteiger partial charge in [0.05, 0.1) is 22.5 Å². The molecular formula is C28H34F3N5O3. The summed E-state index contributed by atoms with van der Waals surface area (Å²) in [6.07, 6.45) is 0.281. The van der Waals surface area contributed by atoms with Gasteiger partial charge >= 0.3 is 12.1 Å². The Balaban J connectivity index is 1.28. The van der Waals surface area contributed by atoms with Gasteiger partial charge in [-0.1, -0.05) is 12.1 Å². The molecule has 2 aromatic rings. The Morgan fingerprint density at radius 2 is 1.54 bits per heavy atom. The molecule has 0 bridgehead atoms. The molecule has 3 aliphatic rings. The first-order chi connectivity index (χ1) is 18.3. The highest BCUT2D eigenvalue weighted by Crippen LogP contribution is 2.50. The molecule has 1 N–H and O–H groups in total. The first-order valence-corrected chi connectivity index (χ1v) is 13.3. The Morgan fingerprint density at radius 3 is 2.05 bits per heavy atom. The van der Waals surface area contributed by atoms with Crippen LogP contribution in [0.5, 0.6) is 0 Å². The topological polar surface area (TPSA) is 89.9 Å². The molecule has 210 valence electrons. The fourth-order valence-corrected chi connectivity index (χ4v) is 6.32. The maximum absolute atomic E-state index is 13.2. The summed E-state index contributed by atoms with van der Waals surface area (Å²) in [7, 11) is 0. The Kier molecular flexibility index (Phi) is 6.95. The molecule has 1 aromatic heterocycles. The quantitative estimate of drug-likeness (QED) is 0.606. The van der Waals surface area contributed by atoms with Crippen LogP contribution in [0.2, 0.25) is 0 Å². The average molecular weight is 546 g/mol. The highest BCUT2D eigenvalue weighted by Gasteiger charge is 2.57. The van der Waals surface area contributed by atoms with E-state index in [0.29, 0.717) is 55.2 Å². The monoisotopic (exact) mass is 545 g/mol. The van der Waals surface area contributed by atoms with E-state index in [9.17, 15) is 27.9 Å². The zero-order valence-electron chi connectivity index (χ0n) is 22.5. The van der Waals surface area contributed by atoms with Crippen molar-refractivity contribution in [3.05, 3.63) is 58.7 Å². The van der Waals surface area contributed by atoms with Crippen LogP contribution in [-0.4, -0.2) is 85.5 Å². The van der Waals surface area contributed by atoms with Crippen molar-refractivity contribution in [2.45, 2.75) is 69.8 Å². The molecule has 2 aliphatic heterocycles. The summed E-state index contributed by atoms with van der Waals surface area (Å²) in [5.41, 5.74) is 1.04. The number of likely N-dealkylation sites (tertiary alicyclic amines) is 1. The molecule has 3 fully saturated rings. The van der Waals surface area contributed by atoms with Crippen molar-refractivity contribution in [1.29, 1.82) is 0 Å². The summed E-state index contributed by atoms with van der Waals surface area (Å²) in [6.45, 7) is 8.94. The highest BCUT2D eigenvalue weighted by atomic mass is 19.4. The summed E-state index contributed by atoms with van der Waals surface area (Å²) >= 11 is 0. The maximum Gasteiger partial charge on any atom is 0.416 e. The predicted octanol–water partition coefficient (Wildman–Crippen LogP) is 4.08. The van der Waals surface area contributed by atoms with E-state index in [1.807, 2.05) is 23.6 Å². The van der Waals surface area contributed by atoms with Crippen molar-refractivity contribution in [2.24, 2.45) is 0 Å². The molecule has 1 aromatic carbocycles. The average Bonchev–Trinajstić information content (AvgIpc) is 3.64. The SMILES string of the molecule is Cc1ncnc(C)c1C(=O)N1CCC(C)(N2CCN([C@@H](C(=O)O)c3ccc(C(F)(F)F)cc3)C3(CC3)C2)CC1. The number of nitrogens with zero attached hydrogens (tertiary/aromatic N) is 5. The lowest BCUT2D eigenvalue weighted by molar-refractivity contribution is -0.148. The van der Waals surface area contributed by atoms with Gasteiger partial charge in [-0.25, -0.2) is 9.97 Å². The van der Waals surface area contributed by atoms with Gasteiger partial charge in [0.25, 0.3) is 5.91 Å². The number of aliphatic carboxylic acids is 1. The molecule has 8 nitrogen and oxygen atoms in total. The Hall–Kier alpha value is -3.05. The molecular weight excluding hydrogens is 511 g/mol. The van der Waals surface area contributed by atoms with E-state index in [0.717, 1.165) is 37.8 Å². The van der Waals surface area contributed by atoms with Crippen LogP contribution >= 0.6 is 0 Å². The molecule has 1 amide bonds. The molecule has 2 saturated heterocycles. The Bertz CT molecular complexity index is 1230. The lowest BCUT2D eigenvalue weighted by atomic mass is 9.85. The van der Waals surface area contributed by atoms with Crippen LogP contribution in [0.25, 0.3) is 0 Å². The number of hydrogen-bond acceptors (Lipinski definition) is 6. The zero-order chi connectivity index (χ0) is 28.2. The number of carbonyl (C=O) groups excluding carboxylic acids is 1. The third-order valence-electron chi connectivity index (χ3n) is 8.96. The number of benzene rings is 1. The standard InChI is InChI=1S/C28H34F3N5O3/c1-18-22(19(2)33-17-32-18)24(37)34-12-10-26(3,11-13-34)35-14-15-36(27(16-35)8-9-27)23(25(38)39)20-4-6-21(7-5-20)28(29,30)31/h4-7,17,23H,8-16H2,1-3H3,(H,38,39)/t23-/m1/s1. The highest BCUT2D eigenvalue weighted by molar-refractivity contribution is 5.96. The van der Waals surface area contributed by atoms with E-state index in [4.69, 9.17) is 0 Å². The van der Waals surface area contributed by atoms with Crippen molar-refractivity contribution in [3.63, 3.8) is 0 Å². The number of carboxylic acid groups (broad SMARTS) is 1. The smallest absolute Gasteiger partial charge is 0.416 e. The fraction of sp³-hybridized carbons (Fsp3) is 0.571. The van der Waals surface area contributed by atoms with Crippen LogP contribution in [0.3, 0.4) is 0 Å². The molecule has 11 heteroatoms. The minimum atomic E-state index is -4.47. The van der Waals surface area contributed by atoms with E-state index in [1.165, 1.54) is 18.5 Å². The minimum Gasteiger partial charge on any atom is -0.480 e. The molecule has 3 heterocycles. The number of aromatic nitrogens is 2. The first-order valence-electron chi connectivity index (χ1n) is 13.3. The van der Waals surface area contributed by atoms with E-state index < -0.39 is 23.8 Å². The number of piperazine rings is 1. The zero-order valence-corrected chi connectivity index (χ0v) is 22.5. The van der Waals surface area contributed by atoms with Gasteiger partial charge in [0.1, 0.15) is 12.4 Å². The van der Waals surface area contributed by atoms with E-state index in [-0.39, 0.29) is 17.0 Å². The van der Waals surface area contributed by atoms with Crippen molar-refractivity contribution in [2.75, 3.05) is 32.7 Å². The summed E-state index contributed by atoms with van der Waals surface area (Å²) in [5.74, 6) is -1.10. The molecule has 1 saturated carbocycles. The lowest BCUT2D eigenvalue weighted by Crippen LogP contribution is -2.64. The molecule has 0 unspecified atom stereocenters. The Labute approximate surface area is 225 Å². The lowest BCUT2D eigenvalue weighted by Gasteiger charge is -2.53. The molecule has 1 atom stereocenters. The van der Waals surface area contributed by atoms with Crippen LogP contribution in [0.4, 0.5) is 13.2 Å². The normalized spacial score (nSPS) is 22.1. The van der Waals surface area contributed by atoms with E-state index in [2.05, 4.69) is 21.8 Å². The van der Waals surface area contributed by atoms with Crippen LogP contribution in [0.15, 0.2) is 30.6 Å². The van der Waals surface area contributed by atoms with Gasteiger partial charge in [0.15, 0.2) is 0 Å². The van der Waals surface area contributed by atoms with Gasteiger partial charge in [0.2, 0.25) is 0 Å². The summed E-state index contributed by atoms with van der Waals surface area (Å²) in [6, 6.07) is 3.51. The number of halogens is 3. The third-order valence-corrected chi connectivity index (χ3v) is 8.96. The second-order valence-corrected chi connectivity index (χ2v) is 11.4. The molecule has 5 rings (SSSR count). The number of carbonyl (C=O) groups is 2. The summed E-state index contributed by atoms with van der Waals surface area (Å²) < 4.78 is 39.2. The van der Waals surface area contributed by atoms with Crippen LogP contribution in [0.1, 0.15) is 71.5 Å². The van der Waals surface area contributed by atoms with Gasteiger partial charge in [-0.3, -0.25) is 19.4 Å². The van der Waals surface area contributed by atoms with Gasteiger partial charge < -0.3 is 10.0 Å². The molecule has 39 heavy (non-hydrogen) atoms. The van der Waals surface area contributed by atoms with Crippen molar-refractivity contribution in [3.8, 4) is 0 Å². The van der Waals surface area contributed by atoms with Crippen LogP contribution in [-0.2, 0) is 11.0 Å². The summed E-state index contributed by atoms with van der Waals surface area (Å²) in [5, 5.41) is 10.1. The predicted molar refractivity (Wildman–Crippen MR) is 137 cm³/mol. The molecule has 0 radical (unpaired) electrons. The number of piperidine rings is 1. The second kappa shape index (κ2) is 9.85. The van der Waals surface area contributed by atoms with Crippen molar-refractivity contribution >= 4 is 11.9 Å². The number of aryl methyl sites for hydroxylation is 2. The first kappa shape index (κ1) is 27.5. The Morgan fingerprint density at radius 1 is 0.949 bits per heavy atom. The van der Waals surface area contributed by atoms with Crippen molar-refractivity contribution < 1.29 is 27.9 Å². The van der Waals surface area contributed by atoms with Gasteiger partial charge in [-0.15, -0.1) is 0 Å². The second-order valence-electron chi connectivity index (χ2n) is 11.4. The van der Waals surface area contributed by atoms with Gasteiger partial charge in [0, 0.05) is 43.8 Å². The number of hydrogen-bond donors (Lipinski definition) is 1.